The minimum Gasteiger partial charge on any atom is -0.512 e. The van der Waals surface area contributed by atoms with Crippen LogP contribution in [-0.2, 0) is 49.7 Å². The molecule has 6 heterocycles. The van der Waals surface area contributed by atoms with Crippen molar-refractivity contribution >= 4 is 171 Å². The van der Waals surface area contributed by atoms with E-state index in [9.17, 15) is 52.8 Å². The van der Waals surface area contributed by atoms with Crippen LogP contribution in [0.5, 0.6) is 0 Å². The Morgan fingerprint density at radius 1 is 0.377 bits per heavy atom. The summed E-state index contributed by atoms with van der Waals surface area (Å²) in [6.07, 6.45) is 3.38. The normalized spacial score (nSPS) is 11.4. The van der Waals surface area contributed by atoms with E-state index >= 15 is 0 Å². The maximum Gasteiger partial charge on any atom is 1.00 e. The number of halogens is 3. The summed E-state index contributed by atoms with van der Waals surface area (Å²) in [6, 6.07) is 68.8. The number of anilines is 3. The van der Waals surface area contributed by atoms with Gasteiger partial charge in [-0.1, -0.05) is 80.2 Å². The van der Waals surface area contributed by atoms with E-state index in [0.29, 0.717) is 89.9 Å². The zero-order chi connectivity index (χ0) is 96.6. The van der Waals surface area contributed by atoms with E-state index < -0.39 is 53.4 Å². The summed E-state index contributed by atoms with van der Waals surface area (Å²) in [5.74, 6) is -1.67. The number of nitrogens with one attached hydrogen (secondary N) is 3. The molecule has 0 saturated carbocycles. The Labute approximate surface area is 833 Å². The first kappa shape index (κ1) is 104. The van der Waals surface area contributed by atoms with Gasteiger partial charge in [0.15, 0.2) is 0 Å². The van der Waals surface area contributed by atoms with Crippen LogP contribution in [0.2, 0.25) is 0 Å². The van der Waals surface area contributed by atoms with E-state index in [1.54, 1.807) is 70.4 Å². The van der Waals surface area contributed by atoms with Crippen LogP contribution < -0.4 is 64.2 Å². The molecule has 25 nitrogen and oxygen atoms in total. The van der Waals surface area contributed by atoms with Gasteiger partial charge < -0.3 is 56.6 Å². The quantitative estimate of drug-likeness (QED) is 0.0341. The van der Waals surface area contributed by atoms with Gasteiger partial charge in [0, 0.05) is 155 Å². The summed E-state index contributed by atoms with van der Waals surface area (Å²) in [4.78, 5) is 58.4. The van der Waals surface area contributed by atoms with Crippen molar-refractivity contribution in [3.8, 4) is 99.1 Å². The molecule has 18 rings (SSSR count). The van der Waals surface area contributed by atoms with E-state index in [-0.39, 0.29) is 91.2 Å². The molecule has 0 spiro atoms. The van der Waals surface area contributed by atoms with Gasteiger partial charge in [-0.3, -0.25) is 27.3 Å². The average molecular weight is 1980 g/mol. The zero-order valence-electron chi connectivity index (χ0n) is 76.8. The number of hydrogen-bond donors (Lipinski definition) is 4. The van der Waals surface area contributed by atoms with Gasteiger partial charge >= 0.3 is 29.6 Å². The molecule has 3 radical (unpaired) electrons. The Balaban J connectivity index is 0.000000182. The van der Waals surface area contributed by atoms with Crippen molar-refractivity contribution in [3.63, 3.8) is 0 Å². The molecule has 0 fully saturated rings. The van der Waals surface area contributed by atoms with Crippen LogP contribution in [0.1, 0.15) is 55.2 Å². The second kappa shape index (κ2) is 42.8. The third-order valence-electron chi connectivity index (χ3n) is 22.5. The molecule has 0 aliphatic heterocycles. The molecule has 12 aromatic carbocycles. The molecule has 6 aromatic heterocycles. The predicted molar refractivity (Wildman–Crippen MR) is 547 cm³/mol. The summed E-state index contributed by atoms with van der Waals surface area (Å²) >= 11 is 4.73. The first-order valence-electron chi connectivity index (χ1n) is 41.7. The van der Waals surface area contributed by atoms with Gasteiger partial charge in [0.05, 0.1) is 83.2 Å². The number of aromatic nitrogens is 3. The molecule has 0 unspecified atom stereocenters. The summed E-state index contributed by atoms with van der Waals surface area (Å²) in [6.45, 7) is 6.84. The summed E-state index contributed by atoms with van der Waals surface area (Å²) < 4.78 is 143. The van der Waals surface area contributed by atoms with Crippen molar-refractivity contribution in [2.45, 2.75) is 27.1 Å². The minimum absolute atomic E-state index is 0. The molecule has 0 atom stereocenters. The van der Waals surface area contributed by atoms with Crippen LogP contribution >= 0.6 is 34.0 Å². The Bertz CT molecular complexity index is 7760. The third kappa shape index (κ3) is 22.0. The number of amides is 3. The molecule has 0 saturated heterocycles. The van der Waals surface area contributed by atoms with Crippen LogP contribution in [0.3, 0.4) is 0 Å². The van der Waals surface area contributed by atoms with Crippen LogP contribution in [0.25, 0.3) is 163 Å². The van der Waals surface area contributed by atoms with Gasteiger partial charge in [0.1, 0.15) is 66.5 Å². The number of nitrogens with zero attached hydrogens (tertiary/aromatic N) is 9. The van der Waals surface area contributed by atoms with Gasteiger partial charge in [-0.15, -0.1) is 34.0 Å². The molecule has 138 heavy (non-hydrogen) atoms. The molecule has 0 aliphatic carbocycles. The standard InChI is InChI=1S/2C34H31FN4O4S2.C32H27FN4O4S2.CN.CH4.B.Na/c2*1-36-33(40)31-26-17-25(28(39(4)45(5,41)42)18-29(26)43-32(31)21-10-12-24(35)13-11-21)22-7-6-8-23(16-22)34-37-27-14-9-20(19-38(2)3)15-30(27)44-34;1-35-31(38)29-24-15-23(20-5-4-6-21(14-20)32-36-25-12-7-18(17-34)13-28(25)42-32)26(37(2)43(3,39)40)16-27(24)41-30(29)19-8-10-22(33)11-9-19;1-2;;;/h2*6-18H,19H2,1-5H3,(H,36,40);4-16H,17,34H2,1-3H3,(H,35,38);;1H4;;/q;;;-1;;;+1. The van der Waals surface area contributed by atoms with E-state index in [1.807, 2.05) is 131 Å². The van der Waals surface area contributed by atoms with Gasteiger partial charge in [-0.05, 0) is 207 Å². The van der Waals surface area contributed by atoms with Crippen molar-refractivity contribution < 1.29 is 95.6 Å². The smallest absolute Gasteiger partial charge is 0.512 e. The molecule has 0 bridgehead atoms. The molecule has 3 amide bonds. The average Bonchev–Trinajstić information content (AvgIpc) is 1.60. The Hall–Kier alpha value is -13.2. The van der Waals surface area contributed by atoms with Gasteiger partial charge in [0.2, 0.25) is 30.1 Å². The number of benzene rings is 12. The van der Waals surface area contributed by atoms with Crippen LogP contribution in [0.15, 0.2) is 250 Å². The molecule has 699 valence electrons. The zero-order valence-corrected chi connectivity index (χ0v) is 83.7. The third-order valence-corrected chi connectivity index (χ3v) is 29.2. The fraction of sp³-hybridized carbons (Fsp3) is 0.167. The molecule has 18 aromatic rings. The predicted octanol–water partition coefficient (Wildman–Crippen LogP) is 17.8. The number of carbonyl (C=O) groups is 3. The largest absolute Gasteiger partial charge is 1.00 e. The number of rotatable bonds is 23. The summed E-state index contributed by atoms with van der Waals surface area (Å²) in [5, 5.41) is 18.2. The minimum atomic E-state index is -3.67. The monoisotopic (exact) mass is 1970 g/mol. The van der Waals surface area contributed by atoms with Crippen molar-refractivity contribution in [3.05, 3.63) is 294 Å². The van der Waals surface area contributed by atoms with Gasteiger partial charge in [-0.2, -0.15) is 0 Å². The van der Waals surface area contributed by atoms with E-state index in [2.05, 4.69) is 50.0 Å². The Morgan fingerprint density at radius 2 is 0.630 bits per heavy atom. The summed E-state index contributed by atoms with van der Waals surface area (Å²) in [7, 11) is 6.10. The van der Waals surface area contributed by atoms with Gasteiger partial charge in [0.25, 0.3) is 17.7 Å². The fourth-order valence-corrected chi connectivity index (χ4v) is 20.3. The fourth-order valence-electron chi connectivity index (χ4n) is 15.7. The van der Waals surface area contributed by atoms with Crippen LogP contribution in [0.4, 0.5) is 30.2 Å². The Morgan fingerprint density at radius 3 is 0.877 bits per heavy atom. The molecular formula is C102H93BF3N13NaO12S6. The number of sulfonamides is 3. The van der Waals surface area contributed by atoms with Crippen LogP contribution in [-0.4, -0.2) is 165 Å². The van der Waals surface area contributed by atoms with Gasteiger partial charge in [-0.25, -0.2) is 53.4 Å². The molecular weight excluding hydrogens is 1880 g/mol. The Kier molecular flexibility index (Phi) is 32.2. The molecule has 0 aliphatic rings. The number of nitrogens with two attached hydrogens (primary N) is 1. The second-order valence-corrected chi connectivity index (χ2v) is 41.5. The number of fused-ring (bicyclic) bond motifs is 6. The number of thiazole rings is 3. The number of carbonyl (C=O) groups excluding carboxylic acids is 3. The van der Waals surface area contributed by atoms with Crippen molar-refractivity contribution in [1.82, 2.24) is 40.7 Å². The first-order valence-corrected chi connectivity index (χ1v) is 49.7. The molecule has 5 N–H and O–H groups in total. The topological polar surface area (TPSA) is 334 Å². The number of hydrogen-bond acceptors (Lipinski definition) is 22. The van der Waals surface area contributed by atoms with E-state index in [0.717, 1.165) is 116 Å². The van der Waals surface area contributed by atoms with Crippen molar-refractivity contribution in [2.75, 3.05) is 102 Å². The second-order valence-electron chi connectivity index (χ2n) is 32.4. The van der Waals surface area contributed by atoms with Crippen molar-refractivity contribution in [2.24, 2.45) is 5.73 Å². The first-order chi connectivity index (χ1) is 64.4. The SMILES string of the molecule is C.CNC(=O)c1c(-c2ccc(F)cc2)oc2cc(N(C)S(C)(=O)=O)c(-c3cccc(-c4nc5ccc(CN(C)C)cc5s4)c3)cc12.CNC(=O)c1c(-c2ccc(F)cc2)oc2cc(N(C)S(C)(=O)=O)c(-c3cccc(-c4nc5ccc(CN(C)C)cc5s4)c3)cc12.CNC(=O)c1c(-c2ccc(F)cc2)oc2cc(N(C)S(C)(=O)=O)c(-c3cccc(-c4nc5ccc(CN)cc5s4)c3)cc12.[B].[C-]#N.[Na+]. The van der Waals surface area contributed by atoms with Crippen LogP contribution in [0, 0.1) is 29.3 Å². The number of furan rings is 3. The van der Waals surface area contributed by atoms with E-state index in [4.69, 9.17) is 45.8 Å². The van der Waals surface area contributed by atoms with Crippen molar-refractivity contribution in [1.29, 1.82) is 5.26 Å². The summed E-state index contributed by atoms with van der Waals surface area (Å²) in [5.41, 5.74) is 22.9. The maximum absolute atomic E-state index is 13.7. The van der Waals surface area contributed by atoms with E-state index in [1.165, 1.54) is 139 Å². The molecule has 36 heteroatoms. The maximum atomic E-state index is 13.7.